The molecule has 0 aliphatic rings. The van der Waals surface area contributed by atoms with Crippen molar-refractivity contribution >= 4 is 34.2 Å². The molecule has 1 amide bonds. The van der Waals surface area contributed by atoms with Crippen molar-refractivity contribution in [3.63, 3.8) is 0 Å². The van der Waals surface area contributed by atoms with Crippen molar-refractivity contribution in [2.24, 2.45) is 0 Å². The van der Waals surface area contributed by atoms with Crippen LogP contribution in [-0.2, 0) is 9.53 Å². The number of ether oxygens (including phenoxy) is 1. The van der Waals surface area contributed by atoms with Crippen molar-refractivity contribution in [2.75, 3.05) is 37.0 Å². The summed E-state index contributed by atoms with van der Waals surface area (Å²) in [6, 6.07) is 28.7. The van der Waals surface area contributed by atoms with E-state index in [0.717, 1.165) is 16.8 Å². The van der Waals surface area contributed by atoms with E-state index in [9.17, 15) is 14.0 Å². The van der Waals surface area contributed by atoms with Gasteiger partial charge in [0, 0.05) is 42.4 Å². The first-order valence-corrected chi connectivity index (χ1v) is 13.0. The minimum atomic E-state index is -0.541. The van der Waals surface area contributed by atoms with Crippen LogP contribution in [0.5, 0.6) is 0 Å². The Hall–Kier alpha value is -4.91. The molecule has 0 saturated heterocycles. The van der Waals surface area contributed by atoms with Crippen LogP contribution in [-0.4, -0.2) is 39.1 Å². The number of fused-ring (bicyclic) bond motifs is 1. The molecule has 0 spiro atoms. The highest BCUT2D eigenvalue weighted by Crippen LogP contribution is 2.41. The molecular formula is C33H29FN2O4. The second-order valence-electron chi connectivity index (χ2n) is 9.41. The molecule has 0 aliphatic carbocycles. The first-order chi connectivity index (χ1) is 19.4. The second kappa shape index (κ2) is 11.5. The molecule has 1 heterocycles. The van der Waals surface area contributed by atoms with Gasteiger partial charge >= 0.3 is 5.97 Å². The number of benzene rings is 4. The van der Waals surface area contributed by atoms with Gasteiger partial charge in [-0.15, -0.1) is 0 Å². The third-order valence-electron chi connectivity index (χ3n) is 6.78. The topological polar surface area (TPSA) is 63.0 Å². The van der Waals surface area contributed by atoms with Crippen LogP contribution in [0, 0.1) is 5.82 Å². The highest BCUT2D eigenvalue weighted by molar-refractivity contribution is 6.12. The molecule has 0 aliphatic heterocycles. The molecule has 0 radical (unpaired) electrons. The van der Waals surface area contributed by atoms with Gasteiger partial charge in [-0.3, -0.25) is 4.79 Å². The predicted octanol–water partition coefficient (Wildman–Crippen LogP) is 7.18. The van der Waals surface area contributed by atoms with Crippen molar-refractivity contribution in [2.45, 2.75) is 6.92 Å². The Morgan fingerprint density at radius 3 is 2.15 bits per heavy atom. The number of anilines is 2. The molecule has 1 aromatic heterocycles. The highest BCUT2D eigenvalue weighted by atomic mass is 19.1. The van der Waals surface area contributed by atoms with Gasteiger partial charge in [-0.25, -0.2) is 9.18 Å². The molecule has 0 N–H and O–H groups in total. The highest BCUT2D eigenvalue weighted by Gasteiger charge is 2.27. The lowest BCUT2D eigenvalue weighted by atomic mass is 9.98. The number of likely N-dealkylation sites (N-methyl/N-ethyl adjacent to an activating group) is 2. The number of hydrogen-bond acceptors (Lipinski definition) is 5. The maximum atomic E-state index is 13.7. The standard InChI is InChI=1S/C33H29FN2O4/c1-4-39-33(38)31-27-19-26(22-11-7-5-8-12-22)28(20-29(27)40-32(31)23-15-17-24(34)18-16-23)36(3)30(37)21-35(2)25-13-9-6-10-14-25/h5-20H,4,21H2,1-3H3. The number of carbonyl (C=O) groups is 2. The molecule has 40 heavy (non-hydrogen) atoms. The summed E-state index contributed by atoms with van der Waals surface area (Å²) in [6.07, 6.45) is 0. The Morgan fingerprint density at radius 1 is 0.850 bits per heavy atom. The van der Waals surface area contributed by atoms with Gasteiger partial charge in [-0.2, -0.15) is 0 Å². The maximum absolute atomic E-state index is 13.7. The lowest BCUT2D eigenvalue weighted by molar-refractivity contribution is -0.117. The van der Waals surface area contributed by atoms with E-state index in [2.05, 4.69) is 0 Å². The minimum absolute atomic E-state index is 0.126. The summed E-state index contributed by atoms with van der Waals surface area (Å²) in [4.78, 5) is 30.2. The quantitative estimate of drug-likeness (QED) is 0.197. The zero-order valence-electron chi connectivity index (χ0n) is 22.6. The molecule has 0 bridgehead atoms. The molecule has 0 atom stereocenters. The third kappa shape index (κ3) is 5.31. The summed E-state index contributed by atoms with van der Waals surface area (Å²) < 4.78 is 25.3. The lowest BCUT2D eigenvalue weighted by Crippen LogP contribution is -2.37. The maximum Gasteiger partial charge on any atom is 0.342 e. The fourth-order valence-electron chi connectivity index (χ4n) is 4.69. The van der Waals surface area contributed by atoms with Crippen LogP contribution in [0.3, 0.4) is 0 Å². The number of para-hydroxylation sites is 1. The summed E-state index contributed by atoms with van der Waals surface area (Å²) in [6.45, 7) is 2.07. The van der Waals surface area contributed by atoms with Gasteiger partial charge in [0.1, 0.15) is 22.7 Å². The van der Waals surface area contributed by atoms with E-state index < -0.39 is 11.8 Å². The van der Waals surface area contributed by atoms with Crippen molar-refractivity contribution in [1.29, 1.82) is 0 Å². The Labute approximate surface area is 232 Å². The van der Waals surface area contributed by atoms with Crippen LogP contribution in [0.2, 0.25) is 0 Å². The van der Waals surface area contributed by atoms with E-state index in [1.807, 2.05) is 78.7 Å². The fraction of sp³-hybridized carbons (Fsp3) is 0.152. The molecule has 5 rings (SSSR count). The number of hydrogen-bond donors (Lipinski definition) is 0. The van der Waals surface area contributed by atoms with E-state index in [0.29, 0.717) is 22.2 Å². The molecular weight excluding hydrogens is 507 g/mol. The molecule has 6 nitrogen and oxygen atoms in total. The van der Waals surface area contributed by atoms with Gasteiger partial charge in [0.2, 0.25) is 5.91 Å². The first-order valence-electron chi connectivity index (χ1n) is 13.0. The summed E-state index contributed by atoms with van der Waals surface area (Å²) in [5.41, 5.74) is 4.38. The Morgan fingerprint density at radius 2 is 1.50 bits per heavy atom. The molecule has 0 saturated carbocycles. The van der Waals surface area contributed by atoms with Gasteiger partial charge in [0.25, 0.3) is 0 Å². The number of esters is 1. The molecule has 4 aromatic carbocycles. The average molecular weight is 537 g/mol. The van der Waals surface area contributed by atoms with Crippen molar-refractivity contribution in [1.82, 2.24) is 0 Å². The van der Waals surface area contributed by atoms with E-state index in [1.54, 1.807) is 37.1 Å². The Kier molecular flexibility index (Phi) is 7.64. The summed E-state index contributed by atoms with van der Waals surface area (Å²) >= 11 is 0. The molecule has 0 unspecified atom stereocenters. The Bertz CT molecular complexity index is 1650. The summed E-state index contributed by atoms with van der Waals surface area (Å²) in [7, 11) is 3.60. The molecule has 7 heteroatoms. The molecule has 5 aromatic rings. The van der Waals surface area contributed by atoms with E-state index in [4.69, 9.17) is 9.15 Å². The predicted molar refractivity (Wildman–Crippen MR) is 156 cm³/mol. The van der Waals surface area contributed by atoms with Crippen molar-refractivity contribution < 1.29 is 23.1 Å². The zero-order chi connectivity index (χ0) is 28.2. The zero-order valence-corrected chi connectivity index (χ0v) is 22.6. The second-order valence-corrected chi connectivity index (χ2v) is 9.41. The third-order valence-corrected chi connectivity index (χ3v) is 6.78. The van der Waals surface area contributed by atoms with Gasteiger partial charge < -0.3 is 19.0 Å². The first kappa shape index (κ1) is 26.7. The lowest BCUT2D eigenvalue weighted by Gasteiger charge is -2.25. The number of furan rings is 1. The van der Waals surface area contributed by atoms with Crippen LogP contribution in [0.1, 0.15) is 17.3 Å². The summed E-state index contributed by atoms with van der Waals surface area (Å²) in [5.74, 6) is -0.783. The van der Waals surface area contributed by atoms with Gasteiger partial charge in [0.15, 0.2) is 0 Å². The average Bonchev–Trinajstić information content (AvgIpc) is 3.36. The fourth-order valence-corrected chi connectivity index (χ4v) is 4.69. The number of carbonyl (C=O) groups excluding carboxylic acids is 2. The van der Waals surface area contributed by atoms with E-state index in [-0.39, 0.29) is 30.4 Å². The van der Waals surface area contributed by atoms with Gasteiger partial charge in [-0.1, -0.05) is 48.5 Å². The molecule has 0 fully saturated rings. The largest absolute Gasteiger partial charge is 0.462 e. The van der Waals surface area contributed by atoms with Crippen LogP contribution in [0.25, 0.3) is 33.4 Å². The van der Waals surface area contributed by atoms with Crippen molar-refractivity contribution in [3.8, 4) is 22.5 Å². The normalized spacial score (nSPS) is 10.9. The monoisotopic (exact) mass is 536 g/mol. The SMILES string of the molecule is CCOC(=O)c1c(-c2ccc(F)cc2)oc2cc(N(C)C(=O)CN(C)c3ccccc3)c(-c3ccccc3)cc12. The van der Waals surface area contributed by atoms with Crippen LogP contribution in [0.15, 0.2) is 101 Å². The number of rotatable bonds is 8. The van der Waals surface area contributed by atoms with E-state index in [1.165, 1.54) is 12.1 Å². The minimum Gasteiger partial charge on any atom is -0.462 e. The van der Waals surface area contributed by atoms with Crippen LogP contribution >= 0.6 is 0 Å². The smallest absolute Gasteiger partial charge is 0.342 e. The van der Waals surface area contributed by atoms with Gasteiger partial charge in [0.05, 0.1) is 18.8 Å². The van der Waals surface area contributed by atoms with Crippen LogP contribution < -0.4 is 9.80 Å². The summed E-state index contributed by atoms with van der Waals surface area (Å²) in [5, 5.41) is 0.544. The number of nitrogens with zero attached hydrogens (tertiary/aromatic N) is 2. The number of amides is 1. The van der Waals surface area contributed by atoms with Crippen molar-refractivity contribution in [3.05, 3.63) is 108 Å². The van der Waals surface area contributed by atoms with Crippen LogP contribution in [0.4, 0.5) is 15.8 Å². The Balaban J connectivity index is 1.65. The van der Waals surface area contributed by atoms with Gasteiger partial charge in [-0.05, 0) is 55.0 Å². The van der Waals surface area contributed by atoms with E-state index >= 15 is 0 Å². The molecule has 202 valence electrons. The number of halogens is 1.